The van der Waals surface area contributed by atoms with Crippen molar-refractivity contribution in [3.63, 3.8) is 0 Å². The van der Waals surface area contributed by atoms with Crippen LogP contribution >= 0.6 is 0 Å². The molecule has 2 amide bonds. The molecule has 0 radical (unpaired) electrons. The average molecular weight is 432 g/mol. The lowest BCUT2D eigenvalue weighted by molar-refractivity contribution is -0.125. The predicted octanol–water partition coefficient (Wildman–Crippen LogP) is 4.93. The van der Waals surface area contributed by atoms with E-state index in [0.29, 0.717) is 30.0 Å². The van der Waals surface area contributed by atoms with E-state index in [9.17, 15) is 14.0 Å². The Morgan fingerprint density at radius 1 is 0.969 bits per heavy atom. The molecule has 1 unspecified atom stereocenters. The van der Waals surface area contributed by atoms with Crippen LogP contribution in [0.4, 0.5) is 4.39 Å². The number of halogens is 1. The van der Waals surface area contributed by atoms with Crippen LogP contribution in [0, 0.1) is 5.82 Å². The second-order valence-electron chi connectivity index (χ2n) is 7.81. The van der Waals surface area contributed by atoms with Crippen LogP contribution in [-0.4, -0.2) is 29.3 Å². The maximum atomic E-state index is 13.4. The summed E-state index contributed by atoms with van der Waals surface area (Å²) in [5.41, 5.74) is 1.19. The molecule has 0 aliphatic carbocycles. The Bertz CT molecular complexity index is 1070. The summed E-state index contributed by atoms with van der Waals surface area (Å²) in [5, 5.41) is 2.90. The molecule has 1 saturated heterocycles. The second-order valence-corrected chi connectivity index (χ2v) is 7.81. The van der Waals surface area contributed by atoms with E-state index in [2.05, 4.69) is 5.32 Å². The fraction of sp³-hybridized carbons (Fsp3) is 0.231. The van der Waals surface area contributed by atoms with E-state index < -0.39 is 11.9 Å². The number of rotatable bonds is 6. The molecular weight excluding hydrogens is 407 g/mol. The van der Waals surface area contributed by atoms with Gasteiger partial charge in [-0.2, -0.15) is 0 Å². The molecule has 4 rings (SSSR count). The molecule has 1 aliphatic rings. The largest absolute Gasteiger partial charge is 0.457 e. The van der Waals surface area contributed by atoms with Crippen LogP contribution < -0.4 is 10.1 Å². The molecule has 6 heteroatoms. The molecule has 164 valence electrons. The number of hydrogen-bond acceptors (Lipinski definition) is 3. The molecule has 0 spiro atoms. The van der Waals surface area contributed by atoms with Gasteiger partial charge in [0.1, 0.15) is 23.4 Å². The molecule has 1 heterocycles. The van der Waals surface area contributed by atoms with Gasteiger partial charge < -0.3 is 15.0 Å². The standard InChI is InChI=1S/C26H25FN2O3/c27-21-14-12-20(13-15-21)26(31)29(24-11-4-5-16-28-25(24)30)18-19-7-6-10-23(17-19)32-22-8-2-1-3-9-22/h1-3,6-10,12-15,17,24H,4-5,11,16,18H2,(H,28,30). The maximum absolute atomic E-state index is 13.4. The van der Waals surface area contributed by atoms with Crippen molar-refractivity contribution >= 4 is 11.8 Å². The fourth-order valence-corrected chi connectivity index (χ4v) is 3.83. The van der Waals surface area contributed by atoms with Gasteiger partial charge in [-0.15, -0.1) is 0 Å². The Morgan fingerprint density at radius 2 is 1.72 bits per heavy atom. The zero-order chi connectivity index (χ0) is 22.3. The van der Waals surface area contributed by atoms with E-state index in [1.807, 2.05) is 54.6 Å². The molecular formula is C26H25FN2O3. The second kappa shape index (κ2) is 10.1. The highest BCUT2D eigenvalue weighted by Gasteiger charge is 2.31. The van der Waals surface area contributed by atoms with E-state index >= 15 is 0 Å². The van der Waals surface area contributed by atoms with Crippen LogP contribution in [-0.2, 0) is 11.3 Å². The van der Waals surface area contributed by atoms with Gasteiger partial charge in [0.05, 0.1) is 0 Å². The van der Waals surface area contributed by atoms with E-state index in [0.717, 1.165) is 18.4 Å². The summed E-state index contributed by atoms with van der Waals surface area (Å²) in [4.78, 5) is 27.7. The zero-order valence-electron chi connectivity index (χ0n) is 17.7. The molecule has 1 aliphatic heterocycles. The summed E-state index contributed by atoms with van der Waals surface area (Å²) in [7, 11) is 0. The quantitative estimate of drug-likeness (QED) is 0.601. The first-order valence-corrected chi connectivity index (χ1v) is 10.8. The van der Waals surface area contributed by atoms with Crippen molar-refractivity contribution < 1.29 is 18.7 Å². The van der Waals surface area contributed by atoms with Gasteiger partial charge in [-0.25, -0.2) is 4.39 Å². The number of ether oxygens (including phenoxy) is 1. The van der Waals surface area contributed by atoms with E-state index in [1.165, 1.54) is 24.3 Å². The smallest absolute Gasteiger partial charge is 0.254 e. The van der Waals surface area contributed by atoms with Crippen molar-refractivity contribution in [1.82, 2.24) is 10.2 Å². The van der Waals surface area contributed by atoms with E-state index in [4.69, 9.17) is 4.74 Å². The molecule has 1 atom stereocenters. The lowest BCUT2D eigenvalue weighted by Crippen LogP contribution is -2.48. The summed E-state index contributed by atoms with van der Waals surface area (Å²) in [6.07, 6.45) is 2.30. The molecule has 0 saturated carbocycles. The van der Waals surface area contributed by atoms with Gasteiger partial charge >= 0.3 is 0 Å². The van der Waals surface area contributed by atoms with Crippen LogP contribution in [0.3, 0.4) is 0 Å². The van der Waals surface area contributed by atoms with Crippen LogP contribution in [0.15, 0.2) is 78.9 Å². The zero-order valence-corrected chi connectivity index (χ0v) is 17.7. The van der Waals surface area contributed by atoms with Gasteiger partial charge in [0, 0.05) is 18.7 Å². The highest BCUT2D eigenvalue weighted by Crippen LogP contribution is 2.24. The van der Waals surface area contributed by atoms with Gasteiger partial charge in [-0.05, 0) is 73.4 Å². The highest BCUT2D eigenvalue weighted by atomic mass is 19.1. The van der Waals surface area contributed by atoms with Crippen LogP contribution in [0.1, 0.15) is 35.2 Å². The lowest BCUT2D eigenvalue weighted by Gasteiger charge is -2.30. The lowest BCUT2D eigenvalue weighted by atomic mass is 10.0. The van der Waals surface area contributed by atoms with Crippen LogP contribution in [0.5, 0.6) is 11.5 Å². The Labute approximate surface area is 186 Å². The van der Waals surface area contributed by atoms with E-state index in [1.54, 1.807) is 4.90 Å². The fourth-order valence-electron chi connectivity index (χ4n) is 3.83. The van der Waals surface area contributed by atoms with Crippen molar-refractivity contribution in [2.75, 3.05) is 6.54 Å². The SMILES string of the molecule is O=C1NCCCCC1N(Cc1cccc(Oc2ccccc2)c1)C(=O)c1ccc(F)cc1. The topological polar surface area (TPSA) is 58.6 Å². The summed E-state index contributed by atoms with van der Waals surface area (Å²) in [6.45, 7) is 0.842. The van der Waals surface area contributed by atoms with Crippen molar-refractivity contribution in [2.45, 2.75) is 31.8 Å². The molecule has 3 aromatic rings. The predicted molar refractivity (Wildman–Crippen MR) is 120 cm³/mol. The molecule has 1 N–H and O–H groups in total. The summed E-state index contributed by atoms with van der Waals surface area (Å²) in [6, 6.07) is 21.8. The minimum Gasteiger partial charge on any atom is -0.457 e. The summed E-state index contributed by atoms with van der Waals surface area (Å²) in [5.74, 6) is 0.488. The maximum Gasteiger partial charge on any atom is 0.254 e. The number of benzene rings is 3. The van der Waals surface area contributed by atoms with Crippen molar-refractivity contribution in [1.29, 1.82) is 0 Å². The number of carbonyl (C=O) groups excluding carboxylic acids is 2. The third-order valence-corrected chi connectivity index (χ3v) is 5.46. The van der Waals surface area contributed by atoms with Gasteiger partial charge in [0.25, 0.3) is 5.91 Å². The first-order chi connectivity index (χ1) is 15.6. The number of para-hydroxylation sites is 1. The van der Waals surface area contributed by atoms with Crippen molar-refractivity contribution in [3.05, 3.63) is 95.8 Å². The van der Waals surface area contributed by atoms with Crippen LogP contribution in [0.2, 0.25) is 0 Å². The minimum absolute atomic E-state index is 0.158. The molecule has 32 heavy (non-hydrogen) atoms. The highest BCUT2D eigenvalue weighted by molar-refractivity contribution is 5.97. The third-order valence-electron chi connectivity index (χ3n) is 5.46. The minimum atomic E-state index is -0.589. The van der Waals surface area contributed by atoms with Gasteiger partial charge in [0.2, 0.25) is 5.91 Å². The Balaban J connectivity index is 1.61. The monoisotopic (exact) mass is 432 g/mol. The molecule has 0 aromatic heterocycles. The van der Waals surface area contributed by atoms with E-state index in [-0.39, 0.29) is 18.4 Å². The molecule has 5 nitrogen and oxygen atoms in total. The van der Waals surface area contributed by atoms with Crippen molar-refractivity contribution in [2.24, 2.45) is 0 Å². The normalized spacial score (nSPS) is 16.0. The first-order valence-electron chi connectivity index (χ1n) is 10.8. The van der Waals surface area contributed by atoms with Crippen molar-refractivity contribution in [3.8, 4) is 11.5 Å². The number of carbonyl (C=O) groups is 2. The van der Waals surface area contributed by atoms with Gasteiger partial charge in [-0.1, -0.05) is 30.3 Å². The Morgan fingerprint density at radius 3 is 2.50 bits per heavy atom. The Hall–Kier alpha value is -3.67. The molecule has 0 bridgehead atoms. The summed E-state index contributed by atoms with van der Waals surface area (Å²) < 4.78 is 19.3. The van der Waals surface area contributed by atoms with Gasteiger partial charge in [0.15, 0.2) is 0 Å². The number of amides is 2. The van der Waals surface area contributed by atoms with Gasteiger partial charge in [-0.3, -0.25) is 9.59 Å². The number of nitrogens with zero attached hydrogens (tertiary/aromatic N) is 1. The molecule has 1 fully saturated rings. The third kappa shape index (κ3) is 5.32. The molecule has 3 aromatic carbocycles. The number of nitrogens with one attached hydrogen (secondary N) is 1. The average Bonchev–Trinajstić information content (AvgIpc) is 3.03. The van der Waals surface area contributed by atoms with Crippen LogP contribution in [0.25, 0.3) is 0 Å². The Kier molecular flexibility index (Phi) is 6.80. The first kappa shape index (κ1) is 21.6. The number of hydrogen-bond donors (Lipinski definition) is 1. The summed E-state index contributed by atoms with van der Waals surface area (Å²) >= 11 is 0.